The Kier molecular flexibility index (Phi) is 6.63. The van der Waals surface area contributed by atoms with Gasteiger partial charge in [0.25, 0.3) is 0 Å². The van der Waals surface area contributed by atoms with Gasteiger partial charge in [0.15, 0.2) is 0 Å². The standard InChI is InChI=1S/C11H21N3O4/c1-8(7-16-4)12-11-14-13-10(18-11)9(2)17-6-5-15-3/h8-9H,5-7H2,1-4H3,(H,12,14). The van der Waals surface area contributed by atoms with Gasteiger partial charge in [-0.3, -0.25) is 0 Å². The number of ether oxygens (including phenoxy) is 3. The molecule has 104 valence electrons. The van der Waals surface area contributed by atoms with E-state index in [9.17, 15) is 0 Å². The van der Waals surface area contributed by atoms with Crippen molar-refractivity contribution in [1.82, 2.24) is 10.2 Å². The molecule has 1 heterocycles. The van der Waals surface area contributed by atoms with Gasteiger partial charge in [0.2, 0.25) is 5.89 Å². The van der Waals surface area contributed by atoms with Crippen LogP contribution in [0.3, 0.4) is 0 Å². The number of anilines is 1. The number of methoxy groups -OCH3 is 2. The van der Waals surface area contributed by atoms with Gasteiger partial charge in [-0.1, -0.05) is 5.10 Å². The van der Waals surface area contributed by atoms with Gasteiger partial charge in [0.1, 0.15) is 6.10 Å². The SMILES string of the molecule is COCCOC(C)c1nnc(NC(C)COC)o1. The monoisotopic (exact) mass is 259 g/mol. The minimum absolute atomic E-state index is 0.105. The van der Waals surface area contributed by atoms with Crippen molar-refractivity contribution < 1.29 is 18.6 Å². The van der Waals surface area contributed by atoms with Crippen molar-refractivity contribution in [3.05, 3.63) is 5.89 Å². The Hall–Kier alpha value is -1.18. The van der Waals surface area contributed by atoms with Gasteiger partial charge in [-0.05, 0) is 13.8 Å². The third kappa shape index (κ3) is 4.99. The van der Waals surface area contributed by atoms with Crippen molar-refractivity contribution in [3.63, 3.8) is 0 Å². The molecule has 7 nitrogen and oxygen atoms in total. The molecule has 0 aliphatic carbocycles. The predicted octanol–water partition coefficient (Wildman–Crippen LogP) is 1.24. The highest BCUT2D eigenvalue weighted by Gasteiger charge is 2.15. The van der Waals surface area contributed by atoms with Crippen LogP contribution in [0.4, 0.5) is 6.01 Å². The molecule has 0 spiro atoms. The fourth-order valence-electron chi connectivity index (χ4n) is 1.34. The molecular weight excluding hydrogens is 238 g/mol. The first-order valence-electron chi connectivity index (χ1n) is 5.86. The average Bonchev–Trinajstić information content (AvgIpc) is 2.78. The molecule has 0 saturated carbocycles. The van der Waals surface area contributed by atoms with Gasteiger partial charge in [0, 0.05) is 14.2 Å². The average molecular weight is 259 g/mol. The van der Waals surface area contributed by atoms with Crippen LogP contribution in [-0.2, 0) is 14.2 Å². The van der Waals surface area contributed by atoms with Crippen LogP contribution in [0.1, 0.15) is 25.8 Å². The maximum absolute atomic E-state index is 5.46. The maximum atomic E-state index is 5.46. The Bertz CT molecular complexity index is 332. The topological polar surface area (TPSA) is 78.6 Å². The number of hydrogen-bond donors (Lipinski definition) is 1. The molecule has 0 aliphatic heterocycles. The Balaban J connectivity index is 2.41. The van der Waals surface area contributed by atoms with Crippen molar-refractivity contribution >= 4 is 6.01 Å². The van der Waals surface area contributed by atoms with Crippen molar-refractivity contribution in [2.75, 3.05) is 39.4 Å². The first-order valence-corrected chi connectivity index (χ1v) is 5.86. The van der Waals surface area contributed by atoms with Crippen LogP contribution < -0.4 is 5.32 Å². The van der Waals surface area contributed by atoms with Crippen molar-refractivity contribution in [3.8, 4) is 0 Å². The Morgan fingerprint density at radius 3 is 2.61 bits per heavy atom. The van der Waals surface area contributed by atoms with Gasteiger partial charge in [-0.25, -0.2) is 0 Å². The Morgan fingerprint density at radius 2 is 1.94 bits per heavy atom. The number of nitrogens with one attached hydrogen (secondary N) is 1. The van der Waals surface area contributed by atoms with Crippen LogP contribution in [0.15, 0.2) is 4.42 Å². The molecule has 1 aromatic rings. The molecule has 0 bridgehead atoms. The summed E-state index contributed by atoms with van der Waals surface area (Å²) in [5.41, 5.74) is 0. The molecule has 0 aromatic carbocycles. The summed E-state index contributed by atoms with van der Waals surface area (Å²) in [7, 11) is 3.27. The lowest BCUT2D eigenvalue weighted by Gasteiger charge is -2.10. The van der Waals surface area contributed by atoms with Crippen LogP contribution in [-0.4, -0.2) is 50.3 Å². The molecule has 1 rings (SSSR count). The first-order chi connectivity index (χ1) is 8.67. The molecule has 0 radical (unpaired) electrons. The molecule has 1 N–H and O–H groups in total. The smallest absolute Gasteiger partial charge is 0.315 e. The number of aromatic nitrogens is 2. The van der Waals surface area contributed by atoms with Crippen molar-refractivity contribution in [2.45, 2.75) is 26.0 Å². The molecule has 0 amide bonds. The van der Waals surface area contributed by atoms with Crippen LogP contribution in [0.5, 0.6) is 0 Å². The minimum atomic E-state index is -0.249. The number of nitrogens with zero attached hydrogens (tertiary/aromatic N) is 2. The lowest BCUT2D eigenvalue weighted by Crippen LogP contribution is -2.20. The second-order valence-electron chi connectivity index (χ2n) is 3.95. The largest absolute Gasteiger partial charge is 0.405 e. The third-order valence-corrected chi connectivity index (χ3v) is 2.23. The van der Waals surface area contributed by atoms with Gasteiger partial charge in [0.05, 0.1) is 25.9 Å². The summed E-state index contributed by atoms with van der Waals surface area (Å²) in [6, 6.07) is 0.477. The summed E-state index contributed by atoms with van der Waals surface area (Å²) in [5.74, 6) is 0.443. The van der Waals surface area contributed by atoms with Crippen molar-refractivity contribution in [2.24, 2.45) is 0 Å². The molecule has 2 unspecified atom stereocenters. The normalized spacial score (nSPS) is 14.4. The number of rotatable bonds is 9. The molecule has 18 heavy (non-hydrogen) atoms. The van der Waals surface area contributed by atoms with Crippen LogP contribution in [0, 0.1) is 0 Å². The Morgan fingerprint density at radius 1 is 1.17 bits per heavy atom. The van der Waals surface area contributed by atoms with E-state index in [1.165, 1.54) is 0 Å². The molecule has 0 saturated heterocycles. The summed E-state index contributed by atoms with van der Waals surface area (Å²) in [5, 5.41) is 10.9. The van der Waals surface area contributed by atoms with Gasteiger partial charge >= 0.3 is 6.01 Å². The highest BCUT2D eigenvalue weighted by molar-refractivity contribution is 5.19. The van der Waals surface area contributed by atoms with Gasteiger partial charge in [-0.15, -0.1) is 5.10 Å². The van der Waals surface area contributed by atoms with E-state index < -0.39 is 0 Å². The summed E-state index contributed by atoms with van der Waals surface area (Å²) in [4.78, 5) is 0. The first kappa shape index (κ1) is 14.9. The fourth-order valence-corrected chi connectivity index (χ4v) is 1.34. The van der Waals surface area contributed by atoms with E-state index >= 15 is 0 Å². The van der Waals surface area contributed by atoms with E-state index in [4.69, 9.17) is 18.6 Å². The number of hydrogen-bond acceptors (Lipinski definition) is 7. The molecule has 2 atom stereocenters. The predicted molar refractivity (Wildman–Crippen MR) is 65.5 cm³/mol. The second-order valence-corrected chi connectivity index (χ2v) is 3.95. The third-order valence-electron chi connectivity index (χ3n) is 2.23. The molecule has 7 heteroatoms. The minimum Gasteiger partial charge on any atom is -0.405 e. The van der Waals surface area contributed by atoms with E-state index in [2.05, 4.69) is 15.5 Å². The quantitative estimate of drug-likeness (QED) is 0.668. The van der Waals surface area contributed by atoms with Crippen LogP contribution >= 0.6 is 0 Å². The lowest BCUT2D eigenvalue weighted by molar-refractivity contribution is 0.0131. The highest BCUT2D eigenvalue weighted by Crippen LogP contribution is 2.17. The zero-order valence-electron chi connectivity index (χ0n) is 11.3. The Labute approximate surface area is 107 Å². The maximum Gasteiger partial charge on any atom is 0.315 e. The van der Waals surface area contributed by atoms with Gasteiger partial charge < -0.3 is 23.9 Å². The lowest BCUT2D eigenvalue weighted by atomic mass is 10.4. The summed E-state index contributed by atoms with van der Waals surface area (Å²) >= 11 is 0. The van der Waals surface area contributed by atoms with E-state index in [0.717, 1.165) is 0 Å². The van der Waals surface area contributed by atoms with E-state index in [0.29, 0.717) is 31.7 Å². The van der Waals surface area contributed by atoms with E-state index in [-0.39, 0.29) is 12.1 Å². The van der Waals surface area contributed by atoms with Crippen LogP contribution in [0.25, 0.3) is 0 Å². The molecular formula is C11H21N3O4. The van der Waals surface area contributed by atoms with E-state index in [1.54, 1.807) is 14.2 Å². The molecule has 1 aromatic heterocycles. The van der Waals surface area contributed by atoms with Gasteiger partial charge in [-0.2, -0.15) is 0 Å². The van der Waals surface area contributed by atoms with Crippen molar-refractivity contribution in [1.29, 1.82) is 0 Å². The van der Waals surface area contributed by atoms with E-state index in [1.807, 2.05) is 13.8 Å². The zero-order chi connectivity index (χ0) is 13.4. The summed E-state index contributed by atoms with van der Waals surface area (Å²) < 4.78 is 20.8. The van der Waals surface area contributed by atoms with Crippen LogP contribution in [0.2, 0.25) is 0 Å². The summed E-state index contributed by atoms with van der Waals surface area (Å²) in [6.07, 6.45) is -0.249. The zero-order valence-corrected chi connectivity index (χ0v) is 11.3. The fraction of sp³-hybridized carbons (Fsp3) is 0.818. The summed E-state index contributed by atoms with van der Waals surface area (Å²) in [6.45, 7) is 5.41. The second kappa shape index (κ2) is 8.02. The molecule has 0 aliphatic rings. The molecule has 0 fully saturated rings. The highest BCUT2D eigenvalue weighted by atomic mass is 16.5.